The largest absolute Gasteiger partial charge is 0.466 e. The summed E-state index contributed by atoms with van der Waals surface area (Å²) >= 11 is 5.22. The Hall–Kier alpha value is -3.68. The molecular formula is C19H23N5O8S. The number of rotatable bonds is 9. The molecule has 1 aliphatic rings. The van der Waals surface area contributed by atoms with Gasteiger partial charge in [-0.2, -0.15) is 0 Å². The number of nitro groups is 2. The molecule has 2 rings (SSSR count). The first-order valence-electron chi connectivity index (χ1n) is 10.1. The van der Waals surface area contributed by atoms with E-state index in [9.17, 15) is 34.6 Å². The molecule has 1 heterocycles. The summed E-state index contributed by atoms with van der Waals surface area (Å²) in [5.41, 5.74) is -1.63. The monoisotopic (exact) mass is 481 g/mol. The fraction of sp³-hybridized carbons (Fsp3) is 0.474. The van der Waals surface area contributed by atoms with Gasteiger partial charge in [0.1, 0.15) is 6.04 Å². The number of hydrogen-bond acceptors (Lipinski definition) is 9. The Kier molecular flexibility index (Phi) is 9.15. The first kappa shape index (κ1) is 25.6. The highest BCUT2D eigenvalue weighted by Gasteiger charge is 2.34. The first-order valence-corrected chi connectivity index (χ1v) is 10.5. The average molecular weight is 481 g/mol. The van der Waals surface area contributed by atoms with Crippen LogP contribution in [0.3, 0.4) is 0 Å². The number of nitrogens with one attached hydrogen (secondary N) is 2. The maximum absolute atomic E-state index is 12.6. The zero-order chi connectivity index (χ0) is 24.5. The minimum atomic E-state index is -1.02. The van der Waals surface area contributed by atoms with Gasteiger partial charge in [-0.3, -0.25) is 39.9 Å². The molecule has 1 aromatic carbocycles. The minimum Gasteiger partial charge on any atom is -0.466 e. The molecular weight excluding hydrogens is 458 g/mol. The number of nitro benzene ring substituents is 2. The van der Waals surface area contributed by atoms with Crippen LogP contribution in [-0.4, -0.2) is 63.4 Å². The molecule has 0 spiro atoms. The lowest BCUT2D eigenvalue weighted by Crippen LogP contribution is -2.60. The third kappa shape index (κ3) is 7.17. The number of hydrogen-bond donors (Lipinski definition) is 2. The van der Waals surface area contributed by atoms with E-state index >= 15 is 0 Å². The summed E-state index contributed by atoms with van der Waals surface area (Å²) in [6.45, 7) is 2.63. The third-order valence-electron chi connectivity index (χ3n) is 4.77. The molecule has 0 bridgehead atoms. The molecule has 1 unspecified atom stereocenters. The van der Waals surface area contributed by atoms with Crippen LogP contribution in [0, 0.1) is 20.2 Å². The van der Waals surface area contributed by atoms with E-state index in [1.165, 1.54) is 4.90 Å². The predicted octanol–water partition coefficient (Wildman–Crippen LogP) is 1.44. The number of unbranched alkanes of at least 4 members (excludes halogenated alkanes) is 2. The van der Waals surface area contributed by atoms with Gasteiger partial charge in [-0.05, 0) is 18.6 Å². The molecule has 178 valence electrons. The number of piperazine rings is 1. The van der Waals surface area contributed by atoms with Crippen molar-refractivity contribution >= 4 is 46.5 Å². The number of nitrogens with zero attached hydrogens (tertiary/aromatic N) is 3. The molecule has 2 N–H and O–H groups in total. The molecule has 0 saturated carbocycles. The van der Waals surface area contributed by atoms with Gasteiger partial charge in [0.05, 0.1) is 34.5 Å². The maximum atomic E-state index is 12.6. The predicted molar refractivity (Wildman–Crippen MR) is 118 cm³/mol. The van der Waals surface area contributed by atoms with Crippen molar-refractivity contribution in [3.05, 3.63) is 44.0 Å². The van der Waals surface area contributed by atoms with Crippen molar-refractivity contribution in [1.82, 2.24) is 15.5 Å². The summed E-state index contributed by atoms with van der Waals surface area (Å²) in [7, 11) is 0. The molecule has 1 saturated heterocycles. The highest BCUT2D eigenvalue weighted by molar-refractivity contribution is 7.80. The number of non-ortho nitro benzene ring substituents is 2. The van der Waals surface area contributed by atoms with Crippen LogP contribution in [0.25, 0.3) is 0 Å². The second kappa shape index (κ2) is 11.8. The van der Waals surface area contributed by atoms with Gasteiger partial charge < -0.3 is 15.0 Å². The lowest BCUT2D eigenvalue weighted by molar-refractivity contribution is -0.394. The van der Waals surface area contributed by atoms with Crippen LogP contribution in [0.4, 0.5) is 11.4 Å². The molecule has 0 radical (unpaired) electrons. The van der Waals surface area contributed by atoms with E-state index in [2.05, 4.69) is 10.6 Å². The Labute approximate surface area is 193 Å². The maximum Gasteiger partial charge on any atom is 0.308 e. The van der Waals surface area contributed by atoms with Crippen molar-refractivity contribution in [3.63, 3.8) is 0 Å². The fourth-order valence-electron chi connectivity index (χ4n) is 3.09. The molecule has 33 heavy (non-hydrogen) atoms. The molecule has 14 heteroatoms. The first-order chi connectivity index (χ1) is 15.6. The van der Waals surface area contributed by atoms with E-state index in [-0.39, 0.29) is 36.8 Å². The van der Waals surface area contributed by atoms with Gasteiger partial charge >= 0.3 is 5.97 Å². The second-order valence-electron chi connectivity index (χ2n) is 7.14. The quantitative estimate of drug-likeness (QED) is 0.173. The van der Waals surface area contributed by atoms with Crippen molar-refractivity contribution < 1.29 is 29.0 Å². The van der Waals surface area contributed by atoms with E-state index in [1.807, 2.05) is 6.92 Å². The van der Waals surface area contributed by atoms with Crippen molar-refractivity contribution in [2.24, 2.45) is 0 Å². The number of carbonyl (C=O) groups is 3. The van der Waals surface area contributed by atoms with Gasteiger partial charge in [0.2, 0.25) is 5.91 Å². The number of carbonyl (C=O) groups excluding carboxylic acids is 3. The van der Waals surface area contributed by atoms with Crippen molar-refractivity contribution in [2.75, 3.05) is 19.7 Å². The standard InChI is InChI=1S/C19H23N5O8S/c1-2-3-4-7-32-16(25)11-15-18(27)20-5-6-22(15)19(33)21-17(26)12-8-13(23(28)29)10-14(9-12)24(30)31/h8-10,15H,2-7,11H2,1H3,(H,20,27)(H,21,26,33). The van der Waals surface area contributed by atoms with E-state index in [4.69, 9.17) is 17.0 Å². The summed E-state index contributed by atoms with van der Waals surface area (Å²) in [5, 5.41) is 26.8. The van der Waals surface area contributed by atoms with Crippen LogP contribution in [0.15, 0.2) is 18.2 Å². The van der Waals surface area contributed by atoms with Crippen molar-refractivity contribution in [3.8, 4) is 0 Å². The molecule has 1 aliphatic heterocycles. The zero-order valence-electron chi connectivity index (χ0n) is 17.8. The van der Waals surface area contributed by atoms with Gasteiger partial charge in [-0.1, -0.05) is 19.8 Å². The van der Waals surface area contributed by atoms with E-state index in [0.29, 0.717) is 6.42 Å². The lowest BCUT2D eigenvalue weighted by atomic mass is 10.1. The van der Waals surface area contributed by atoms with Gasteiger partial charge in [0, 0.05) is 25.2 Å². The molecule has 13 nitrogen and oxygen atoms in total. The second-order valence-corrected chi connectivity index (χ2v) is 7.53. The van der Waals surface area contributed by atoms with Gasteiger partial charge in [-0.15, -0.1) is 0 Å². The van der Waals surface area contributed by atoms with Crippen LogP contribution in [0.2, 0.25) is 0 Å². The lowest BCUT2D eigenvalue weighted by Gasteiger charge is -2.36. The summed E-state index contributed by atoms with van der Waals surface area (Å²) in [6.07, 6.45) is 2.26. The van der Waals surface area contributed by atoms with Gasteiger partial charge in [0.25, 0.3) is 17.3 Å². The molecule has 1 aromatic rings. The number of amides is 2. The minimum absolute atomic E-state index is 0.188. The summed E-state index contributed by atoms with van der Waals surface area (Å²) in [6, 6.07) is 1.45. The van der Waals surface area contributed by atoms with Crippen LogP contribution < -0.4 is 10.6 Å². The smallest absolute Gasteiger partial charge is 0.308 e. The third-order valence-corrected chi connectivity index (χ3v) is 5.11. The number of ether oxygens (including phenoxy) is 1. The topological polar surface area (TPSA) is 174 Å². The highest BCUT2D eigenvalue weighted by atomic mass is 32.1. The molecule has 0 aromatic heterocycles. The molecule has 1 atom stereocenters. The van der Waals surface area contributed by atoms with Crippen LogP contribution >= 0.6 is 12.2 Å². The Morgan fingerprint density at radius 2 is 1.85 bits per heavy atom. The van der Waals surface area contributed by atoms with E-state index in [1.54, 1.807) is 0 Å². The summed E-state index contributed by atoms with van der Waals surface area (Å²) in [4.78, 5) is 58.8. The number of esters is 1. The fourth-order valence-corrected chi connectivity index (χ4v) is 3.40. The van der Waals surface area contributed by atoms with Crippen LogP contribution in [0.1, 0.15) is 43.0 Å². The average Bonchev–Trinajstić information content (AvgIpc) is 2.77. The Morgan fingerprint density at radius 1 is 1.21 bits per heavy atom. The SMILES string of the molecule is CCCCCOC(=O)CC1C(=O)NCCN1C(=S)NC(=O)c1cc([N+](=O)[O-])cc([N+](=O)[O-])c1. The van der Waals surface area contributed by atoms with Crippen LogP contribution in [0.5, 0.6) is 0 Å². The van der Waals surface area contributed by atoms with E-state index in [0.717, 1.165) is 31.0 Å². The van der Waals surface area contributed by atoms with Gasteiger partial charge in [0.15, 0.2) is 5.11 Å². The van der Waals surface area contributed by atoms with E-state index < -0.39 is 45.0 Å². The van der Waals surface area contributed by atoms with Crippen molar-refractivity contribution in [1.29, 1.82) is 0 Å². The van der Waals surface area contributed by atoms with Crippen molar-refractivity contribution in [2.45, 2.75) is 38.6 Å². The summed E-state index contributed by atoms with van der Waals surface area (Å²) in [5.74, 6) is -2.00. The summed E-state index contributed by atoms with van der Waals surface area (Å²) < 4.78 is 5.14. The Balaban J connectivity index is 2.12. The number of benzene rings is 1. The normalized spacial score (nSPS) is 15.4. The molecule has 2 amide bonds. The molecule has 1 fully saturated rings. The Morgan fingerprint density at radius 3 is 2.42 bits per heavy atom. The number of thiocarbonyl (C=S) groups is 1. The highest BCUT2D eigenvalue weighted by Crippen LogP contribution is 2.23. The Bertz CT molecular complexity index is 937. The van der Waals surface area contributed by atoms with Crippen LogP contribution in [-0.2, 0) is 14.3 Å². The zero-order valence-corrected chi connectivity index (χ0v) is 18.6. The molecule has 0 aliphatic carbocycles. The van der Waals surface area contributed by atoms with Gasteiger partial charge in [-0.25, -0.2) is 0 Å².